The molecule has 0 aromatic heterocycles. The molecule has 0 aliphatic rings. The van der Waals surface area contributed by atoms with Crippen LogP contribution >= 0.6 is 11.6 Å². The summed E-state index contributed by atoms with van der Waals surface area (Å²) >= 11 is 5.77. The number of hydrogen-bond donors (Lipinski definition) is 2. The van der Waals surface area contributed by atoms with Crippen LogP contribution in [0.15, 0.2) is 48.5 Å². The smallest absolute Gasteiger partial charge is 0.422 e. The Morgan fingerprint density at radius 1 is 1.00 bits per heavy atom. The number of ether oxygens (including phenoxy) is 2. The van der Waals surface area contributed by atoms with Gasteiger partial charge in [0.1, 0.15) is 18.1 Å². The normalized spacial score (nSPS) is 11.0. The van der Waals surface area contributed by atoms with Crippen molar-refractivity contribution in [3.05, 3.63) is 59.1 Å². The lowest BCUT2D eigenvalue weighted by Gasteiger charge is -2.11. The highest BCUT2D eigenvalue weighted by atomic mass is 35.5. The number of halogens is 4. The number of hydrogen-bond acceptors (Lipinski definition) is 3. The molecular formula is C18H18ClF3N2O3. The van der Waals surface area contributed by atoms with Crippen LogP contribution in [-0.2, 0) is 6.54 Å². The first-order valence-corrected chi connectivity index (χ1v) is 8.38. The number of urea groups is 1. The molecule has 0 aliphatic heterocycles. The van der Waals surface area contributed by atoms with Gasteiger partial charge in [-0.3, -0.25) is 0 Å². The van der Waals surface area contributed by atoms with Crippen LogP contribution in [0.5, 0.6) is 11.5 Å². The molecule has 0 bridgehead atoms. The lowest BCUT2D eigenvalue weighted by Crippen LogP contribution is -2.37. The topological polar surface area (TPSA) is 59.6 Å². The van der Waals surface area contributed by atoms with Crippen molar-refractivity contribution in [2.45, 2.75) is 12.7 Å². The summed E-state index contributed by atoms with van der Waals surface area (Å²) in [6, 6.07) is 12.5. The number of rotatable bonds is 8. The van der Waals surface area contributed by atoms with Crippen LogP contribution in [-0.4, -0.2) is 32.0 Å². The molecule has 2 N–H and O–H groups in total. The summed E-state index contributed by atoms with van der Waals surface area (Å²) in [5, 5.41) is 5.82. The van der Waals surface area contributed by atoms with Gasteiger partial charge in [-0.25, -0.2) is 4.79 Å². The molecule has 0 saturated carbocycles. The van der Waals surface area contributed by atoms with Crippen molar-refractivity contribution in [1.82, 2.24) is 10.6 Å². The zero-order valence-corrected chi connectivity index (χ0v) is 14.9. The van der Waals surface area contributed by atoms with Gasteiger partial charge in [-0.1, -0.05) is 23.7 Å². The van der Waals surface area contributed by atoms with E-state index in [1.165, 1.54) is 12.1 Å². The third kappa shape index (κ3) is 8.54. The van der Waals surface area contributed by atoms with E-state index in [2.05, 4.69) is 15.4 Å². The average Bonchev–Trinajstić information content (AvgIpc) is 2.63. The van der Waals surface area contributed by atoms with E-state index in [4.69, 9.17) is 16.3 Å². The molecule has 0 saturated heterocycles. The molecule has 146 valence electrons. The van der Waals surface area contributed by atoms with E-state index in [-0.39, 0.29) is 25.4 Å². The SMILES string of the molecule is O=C(NCCOc1ccc(Cl)cc1)NCc1cccc(OCC(F)(F)F)c1. The summed E-state index contributed by atoms with van der Waals surface area (Å²) in [6.45, 7) is -0.663. The minimum atomic E-state index is -4.40. The van der Waals surface area contributed by atoms with E-state index >= 15 is 0 Å². The molecule has 27 heavy (non-hydrogen) atoms. The van der Waals surface area contributed by atoms with Gasteiger partial charge in [0.2, 0.25) is 0 Å². The summed E-state index contributed by atoms with van der Waals surface area (Å²) in [6.07, 6.45) is -4.40. The van der Waals surface area contributed by atoms with Crippen molar-refractivity contribution in [2.24, 2.45) is 0 Å². The quantitative estimate of drug-likeness (QED) is 0.652. The molecule has 9 heteroatoms. The Balaban J connectivity index is 1.67. The molecule has 0 radical (unpaired) electrons. The molecule has 0 heterocycles. The fourth-order valence-corrected chi connectivity index (χ4v) is 2.15. The van der Waals surface area contributed by atoms with Crippen LogP contribution in [0.3, 0.4) is 0 Å². The first-order valence-electron chi connectivity index (χ1n) is 8.00. The fraction of sp³-hybridized carbons (Fsp3) is 0.278. The van der Waals surface area contributed by atoms with Gasteiger partial charge in [0.25, 0.3) is 0 Å². The highest BCUT2D eigenvalue weighted by Crippen LogP contribution is 2.19. The number of carbonyl (C=O) groups excluding carboxylic acids is 1. The van der Waals surface area contributed by atoms with Crippen molar-refractivity contribution in [2.75, 3.05) is 19.8 Å². The Morgan fingerprint density at radius 3 is 2.44 bits per heavy atom. The van der Waals surface area contributed by atoms with Gasteiger partial charge in [0, 0.05) is 11.6 Å². The maximum Gasteiger partial charge on any atom is 0.422 e. The largest absolute Gasteiger partial charge is 0.492 e. The van der Waals surface area contributed by atoms with Crippen molar-refractivity contribution >= 4 is 17.6 Å². The fourth-order valence-electron chi connectivity index (χ4n) is 2.02. The Hall–Kier alpha value is -2.61. The minimum Gasteiger partial charge on any atom is -0.492 e. The number of carbonyl (C=O) groups is 1. The van der Waals surface area contributed by atoms with Crippen LogP contribution < -0.4 is 20.1 Å². The van der Waals surface area contributed by atoms with E-state index in [9.17, 15) is 18.0 Å². The van der Waals surface area contributed by atoms with E-state index in [0.29, 0.717) is 16.3 Å². The second-order valence-corrected chi connectivity index (χ2v) is 5.90. The predicted octanol–water partition coefficient (Wildman–Crippen LogP) is 4.16. The van der Waals surface area contributed by atoms with Gasteiger partial charge < -0.3 is 20.1 Å². The van der Waals surface area contributed by atoms with Gasteiger partial charge in [-0.2, -0.15) is 13.2 Å². The van der Waals surface area contributed by atoms with Gasteiger partial charge in [0.15, 0.2) is 6.61 Å². The molecule has 0 spiro atoms. The second kappa shape index (κ2) is 9.91. The van der Waals surface area contributed by atoms with Crippen LogP contribution in [0.2, 0.25) is 5.02 Å². The van der Waals surface area contributed by atoms with Crippen molar-refractivity contribution in [3.8, 4) is 11.5 Å². The number of amides is 2. The molecule has 0 aliphatic carbocycles. The highest BCUT2D eigenvalue weighted by Gasteiger charge is 2.28. The van der Waals surface area contributed by atoms with E-state index in [1.54, 1.807) is 36.4 Å². The lowest BCUT2D eigenvalue weighted by molar-refractivity contribution is -0.153. The van der Waals surface area contributed by atoms with Crippen LogP contribution in [0.4, 0.5) is 18.0 Å². The third-order valence-corrected chi connectivity index (χ3v) is 3.48. The van der Waals surface area contributed by atoms with Crippen LogP contribution in [0.1, 0.15) is 5.56 Å². The van der Waals surface area contributed by atoms with Gasteiger partial charge in [-0.15, -0.1) is 0 Å². The van der Waals surface area contributed by atoms with E-state index in [0.717, 1.165) is 0 Å². The van der Waals surface area contributed by atoms with Crippen LogP contribution in [0.25, 0.3) is 0 Å². The third-order valence-electron chi connectivity index (χ3n) is 3.22. The first-order chi connectivity index (χ1) is 12.8. The molecule has 5 nitrogen and oxygen atoms in total. The number of alkyl halides is 3. The Labute approximate surface area is 159 Å². The molecule has 2 aromatic carbocycles. The molecule has 2 rings (SSSR count). The molecular weight excluding hydrogens is 385 g/mol. The second-order valence-electron chi connectivity index (χ2n) is 5.46. The summed E-state index contributed by atoms with van der Waals surface area (Å²) in [5.74, 6) is 0.723. The Kier molecular flexibility index (Phi) is 7.60. The number of benzene rings is 2. The Morgan fingerprint density at radius 2 is 1.74 bits per heavy atom. The maximum absolute atomic E-state index is 12.2. The molecule has 0 fully saturated rings. The first kappa shape index (κ1) is 20.7. The number of nitrogens with one attached hydrogen (secondary N) is 2. The van der Waals surface area contributed by atoms with Gasteiger partial charge >= 0.3 is 12.2 Å². The zero-order valence-electron chi connectivity index (χ0n) is 14.2. The molecule has 0 unspecified atom stereocenters. The molecule has 0 atom stereocenters. The average molecular weight is 403 g/mol. The maximum atomic E-state index is 12.2. The molecule has 2 amide bonds. The Bertz CT molecular complexity index is 739. The van der Waals surface area contributed by atoms with Gasteiger partial charge in [-0.05, 0) is 42.0 Å². The minimum absolute atomic E-state index is 0.0865. The summed E-state index contributed by atoms with van der Waals surface area (Å²) in [7, 11) is 0. The summed E-state index contributed by atoms with van der Waals surface area (Å²) in [4.78, 5) is 11.7. The van der Waals surface area contributed by atoms with Crippen molar-refractivity contribution < 1.29 is 27.4 Å². The van der Waals surface area contributed by atoms with Crippen molar-refractivity contribution in [1.29, 1.82) is 0 Å². The standard InChI is InChI=1S/C18H18ClF3N2O3/c19-14-4-6-15(7-5-14)26-9-8-23-17(25)24-11-13-2-1-3-16(10-13)27-12-18(20,21)22/h1-7,10H,8-9,11-12H2,(H2,23,24,25). The van der Waals surface area contributed by atoms with Crippen molar-refractivity contribution in [3.63, 3.8) is 0 Å². The van der Waals surface area contributed by atoms with E-state index < -0.39 is 18.8 Å². The molecule has 2 aromatic rings. The summed E-state index contributed by atoms with van der Waals surface area (Å²) in [5.41, 5.74) is 0.613. The lowest BCUT2D eigenvalue weighted by atomic mass is 10.2. The summed E-state index contributed by atoms with van der Waals surface area (Å²) < 4.78 is 46.6. The monoisotopic (exact) mass is 402 g/mol. The van der Waals surface area contributed by atoms with Crippen LogP contribution in [0, 0.1) is 0 Å². The zero-order chi connectivity index (χ0) is 19.7. The van der Waals surface area contributed by atoms with E-state index in [1.807, 2.05) is 0 Å². The van der Waals surface area contributed by atoms with Gasteiger partial charge in [0.05, 0.1) is 6.54 Å². The predicted molar refractivity (Wildman–Crippen MR) is 95.2 cm³/mol. The highest BCUT2D eigenvalue weighted by molar-refractivity contribution is 6.30.